The zero-order valence-electron chi connectivity index (χ0n) is 15.6. The largest absolute Gasteiger partial charge is 0.497 e. The summed E-state index contributed by atoms with van der Waals surface area (Å²) in [4.78, 5) is 26.7. The minimum absolute atomic E-state index is 0.0144. The number of amides is 2. The Hall–Kier alpha value is -2.24. The van der Waals surface area contributed by atoms with Gasteiger partial charge in [-0.25, -0.2) is 0 Å². The van der Waals surface area contributed by atoms with Crippen molar-refractivity contribution in [3.63, 3.8) is 0 Å². The molecule has 1 saturated heterocycles. The van der Waals surface area contributed by atoms with Crippen molar-refractivity contribution in [1.29, 1.82) is 0 Å². The molecule has 1 aliphatic rings. The number of benzene rings is 2. The molecule has 3 rings (SSSR count). The molecule has 2 aromatic rings. The molecule has 7 heteroatoms. The van der Waals surface area contributed by atoms with Gasteiger partial charge in [-0.3, -0.25) is 9.59 Å². The van der Waals surface area contributed by atoms with E-state index in [0.29, 0.717) is 35.1 Å². The molecule has 1 N–H and O–H groups in total. The summed E-state index contributed by atoms with van der Waals surface area (Å²) >= 11 is 11.9. The predicted molar refractivity (Wildman–Crippen MR) is 110 cm³/mol. The third-order valence-electron chi connectivity index (χ3n) is 4.84. The molecule has 2 amide bonds. The number of rotatable bonds is 5. The number of carbonyl (C=O) groups is 2. The lowest BCUT2D eigenvalue weighted by molar-refractivity contribution is -0.121. The first-order valence-electron chi connectivity index (χ1n) is 9.13. The van der Waals surface area contributed by atoms with Crippen molar-refractivity contribution >= 4 is 35.0 Å². The quantitative estimate of drug-likeness (QED) is 0.795. The smallest absolute Gasteiger partial charge is 0.253 e. The van der Waals surface area contributed by atoms with Crippen LogP contribution in [0.2, 0.25) is 10.0 Å². The standard InChI is InChI=1S/C21H22Cl2N2O3/c1-28-17-5-2-14(3-6-17)12-20(26)24-16-8-10-25(11-9-16)21(27)15-4-7-18(22)19(23)13-15/h2-7,13,16H,8-12H2,1H3,(H,24,26). The molecule has 1 fully saturated rings. The lowest BCUT2D eigenvalue weighted by Gasteiger charge is -2.32. The first-order chi connectivity index (χ1) is 13.5. The van der Waals surface area contributed by atoms with Gasteiger partial charge in [0.2, 0.25) is 5.91 Å². The second-order valence-electron chi connectivity index (χ2n) is 6.79. The van der Waals surface area contributed by atoms with Gasteiger partial charge in [-0.2, -0.15) is 0 Å². The van der Waals surface area contributed by atoms with E-state index in [9.17, 15) is 9.59 Å². The summed E-state index contributed by atoms with van der Waals surface area (Å²) < 4.78 is 5.12. The number of nitrogens with zero attached hydrogens (tertiary/aromatic N) is 1. The second-order valence-corrected chi connectivity index (χ2v) is 7.60. The summed E-state index contributed by atoms with van der Waals surface area (Å²) in [7, 11) is 1.61. The van der Waals surface area contributed by atoms with Gasteiger partial charge >= 0.3 is 0 Å². The van der Waals surface area contributed by atoms with Crippen LogP contribution in [0, 0.1) is 0 Å². The average molecular weight is 421 g/mol. The Balaban J connectivity index is 1.48. The molecule has 0 radical (unpaired) electrons. The van der Waals surface area contributed by atoms with Crippen LogP contribution in [-0.4, -0.2) is 43.0 Å². The Morgan fingerprint density at radius 1 is 1.07 bits per heavy atom. The fraction of sp³-hybridized carbons (Fsp3) is 0.333. The molecule has 0 unspecified atom stereocenters. The van der Waals surface area contributed by atoms with Crippen molar-refractivity contribution < 1.29 is 14.3 Å². The zero-order valence-corrected chi connectivity index (χ0v) is 17.1. The van der Waals surface area contributed by atoms with Crippen LogP contribution in [0.5, 0.6) is 5.75 Å². The van der Waals surface area contributed by atoms with Crippen LogP contribution in [0.25, 0.3) is 0 Å². The molecular formula is C21H22Cl2N2O3. The normalized spacial score (nSPS) is 14.6. The van der Waals surface area contributed by atoms with Crippen molar-refractivity contribution in [3.8, 4) is 5.75 Å². The Bertz CT molecular complexity index is 847. The number of piperidine rings is 1. The van der Waals surface area contributed by atoms with Crippen LogP contribution >= 0.6 is 23.2 Å². The van der Waals surface area contributed by atoms with E-state index in [4.69, 9.17) is 27.9 Å². The van der Waals surface area contributed by atoms with Crippen LogP contribution in [0.3, 0.4) is 0 Å². The summed E-state index contributed by atoms with van der Waals surface area (Å²) in [6.45, 7) is 1.18. The molecule has 2 aromatic carbocycles. The van der Waals surface area contributed by atoms with Gasteiger partial charge in [0.05, 0.1) is 23.6 Å². The predicted octanol–water partition coefficient (Wildman–Crippen LogP) is 3.97. The van der Waals surface area contributed by atoms with Gasteiger partial charge in [-0.1, -0.05) is 35.3 Å². The molecule has 5 nitrogen and oxygen atoms in total. The highest BCUT2D eigenvalue weighted by Gasteiger charge is 2.25. The van der Waals surface area contributed by atoms with Crippen LogP contribution in [0.1, 0.15) is 28.8 Å². The van der Waals surface area contributed by atoms with E-state index in [0.717, 1.165) is 24.2 Å². The van der Waals surface area contributed by atoms with Gasteiger partial charge in [0, 0.05) is 24.7 Å². The van der Waals surface area contributed by atoms with Crippen molar-refractivity contribution in [3.05, 3.63) is 63.6 Å². The molecule has 0 bridgehead atoms. The number of carbonyl (C=O) groups excluding carboxylic acids is 2. The average Bonchev–Trinajstić information content (AvgIpc) is 2.70. The molecule has 0 atom stereocenters. The highest BCUT2D eigenvalue weighted by atomic mass is 35.5. The monoisotopic (exact) mass is 420 g/mol. The van der Waals surface area contributed by atoms with Crippen LogP contribution in [-0.2, 0) is 11.2 Å². The van der Waals surface area contributed by atoms with E-state index in [1.54, 1.807) is 30.2 Å². The maximum atomic E-state index is 12.6. The number of likely N-dealkylation sites (tertiary alicyclic amines) is 1. The van der Waals surface area contributed by atoms with E-state index >= 15 is 0 Å². The topological polar surface area (TPSA) is 58.6 Å². The van der Waals surface area contributed by atoms with Crippen LogP contribution < -0.4 is 10.1 Å². The first-order valence-corrected chi connectivity index (χ1v) is 9.88. The Labute approximate surface area is 174 Å². The minimum atomic E-state index is -0.0680. The molecular weight excluding hydrogens is 399 g/mol. The van der Waals surface area contributed by atoms with E-state index in [1.165, 1.54) is 0 Å². The fourth-order valence-electron chi connectivity index (χ4n) is 3.25. The molecule has 0 aliphatic carbocycles. The molecule has 148 valence electrons. The van der Waals surface area contributed by atoms with Gasteiger partial charge < -0.3 is 15.0 Å². The number of ether oxygens (including phenoxy) is 1. The van der Waals surface area contributed by atoms with E-state index < -0.39 is 0 Å². The van der Waals surface area contributed by atoms with Gasteiger partial charge in [0.1, 0.15) is 5.75 Å². The van der Waals surface area contributed by atoms with E-state index in [1.807, 2.05) is 24.3 Å². The van der Waals surface area contributed by atoms with Gasteiger partial charge in [0.25, 0.3) is 5.91 Å². The minimum Gasteiger partial charge on any atom is -0.497 e. The number of halogens is 2. The summed E-state index contributed by atoms with van der Waals surface area (Å²) in [6.07, 6.45) is 1.77. The SMILES string of the molecule is COc1ccc(CC(=O)NC2CCN(C(=O)c3ccc(Cl)c(Cl)c3)CC2)cc1. The molecule has 1 aliphatic heterocycles. The highest BCUT2D eigenvalue weighted by Crippen LogP contribution is 2.24. The van der Waals surface area contributed by atoms with Crippen molar-refractivity contribution in [2.45, 2.75) is 25.3 Å². The molecule has 0 saturated carbocycles. The van der Waals surface area contributed by atoms with Crippen molar-refractivity contribution in [2.75, 3.05) is 20.2 Å². The number of methoxy groups -OCH3 is 1. The third-order valence-corrected chi connectivity index (χ3v) is 5.58. The number of hydrogen-bond donors (Lipinski definition) is 1. The second kappa shape index (κ2) is 9.30. The highest BCUT2D eigenvalue weighted by molar-refractivity contribution is 6.42. The first kappa shape index (κ1) is 20.5. The third kappa shape index (κ3) is 5.18. The summed E-state index contributed by atoms with van der Waals surface area (Å²) in [5.74, 6) is 0.684. The lowest BCUT2D eigenvalue weighted by atomic mass is 10.0. The zero-order chi connectivity index (χ0) is 20.1. The van der Waals surface area contributed by atoms with Crippen LogP contribution in [0.4, 0.5) is 0 Å². The van der Waals surface area contributed by atoms with Crippen molar-refractivity contribution in [1.82, 2.24) is 10.2 Å². The Morgan fingerprint density at radius 3 is 2.36 bits per heavy atom. The van der Waals surface area contributed by atoms with Gasteiger partial charge in [-0.05, 0) is 48.7 Å². The van der Waals surface area contributed by atoms with E-state index in [2.05, 4.69) is 5.32 Å². The number of nitrogens with one attached hydrogen (secondary N) is 1. The van der Waals surface area contributed by atoms with Gasteiger partial charge in [0.15, 0.2) is 0 Å². The molecule has 1 heterocycles. The molecule has 0 aromatic heterocycles. The van der Waals surface area contributed by atoms with Crippen LogP contribution in [0.15, 0.2) is 42.5 Å². The summed E-state index contributed by atoms with van der Waals surface area (Å²) in [6, 6.07) is 12.4. The fourth-order valence-corrected chi connectivity index (χ4v) is 3.54. The molecule has 0 spiro atoms. The Morgan fingerprint density at radius 2 is 1.75 bits per heavy atom. The maximum Gasteiger partial charge on any atom is 0.253 e. The maximum absolute atomic E-state index is 12.6. The summed E-state index contributed by atoms with van der Waals surface area (Å²) in [5.41, 5.74) is 1.46. The Kier molecular flexibility index (Phi) is 6.81. The van der Waals surface area contributed by atoms with E-state index in [-0.39, 0.29) is 17.9 Å². The van der Waals surface area contributed by atoms with Gasteiger partial charge in [-0.15, -0.1) is 0 Å². The molecule has 28 heavy (non-hydrogen) atoms. The van der Waals surface area contributed by atoms with Crippen molar-refractivity contribution in [2.24, 2.45) is 0 Å². The lowest BCUT2D eigenvalue weighted by Crippen LogP contribution is -2.46. The number of hydrogen-bond acceptors (Lipinski definition) is 3. The summed E-state index contributed by atoms with van der Waals surface area (Å²) in [5, 5.41) is 3.86.